The summed E-state index contributed by atoms with van der Waals surface area (Å²) in [5.74, 6) is -1.08. The molecule has 2 aromatic rings. The Morgan fingerprint density at radius 3 is 2.41 bits per heavy atom. The van der Waals surface area contributed by atoms with Crippen molar-refractivity contribution < 1.29 is 23.9 Å². The van der Waals surface area contributed by atoms with Crippen LogP contribution in [0.3, 0.4) is 0 Å². The van der Waals surface area contributed by atoms with Gasteiger partial charge in [0.15, 0.2) is 6.61 Å². The fourth-order valence-corrected chi connectivity index (χ4v) is 2.47. The Bertz CT molecular complexity index is 887. The fourth-order valence-electron chi connectivity index (χ4n) is 2.47. The van der Waals surface area contributed by atoms with Crippen LogP contribution in [-0.2, 0) is 16.1 Å². The fraction of sp³-hybridized carbons (Fsp3) is 0.318. The Morgan fingerprint density at radius 2 is 1.72 bits per heavy atom. The van der Waals surface area contributed by atoms with E-state index in [2.05, 4.69) is 10.6 Å². The number of hydrogen-bond acceptors (Lipinski definition) is 5. The molecule has 0 spiro atoms. The van der Waals surface area contributed by atoms with Crippen LogP contribution >= 0.6 is 0 Å². The lowest BCUT2D eigenvalue weighted by atomic mass is 10.1. The van der Waals surface area contributed by atoms with Gasteiger partial charge in [-0.25, -0.2) is 9.59 Å². The molecule has 0 aliphatic rings. The molecule has 0 radical (unpaired) electrons. The Balaban J connectivity index is 1.92. The van der Waals surface area contributed by atoms with Gasteiger partial charge in [-0.2, -0.15) is 0 Å². The number of carbonyl (C=O) groups is 3. The van der Waals surface area contributed by atoms with Crippen molar-refractivity contribution in [1.29, 1.82) is 0 Å². The molecule has 0 bridgehead atoms. The predicted octanol–water partition coefficient (Wildman–Crippen LogP) is 3.36. The van der Waals surface area contributed by atoms with Crippen molar-refractivity contribution in [3.05, 3.63) is 65.2 Å². The van der Waals surface area contributed by atoms with Crippen molar-refractivity contribution in [1.82, 2.24) is 10.6 Å². The average Bonchev–Trinajstić information content (AvgIpc) is 2.63. The van der Waals surface area contributed by atoms with E-state index in [1.807, 2.05) is 31.2 Å². The monoisotopic (exact) mass is 398 g/mol. The van der Waals surface area contributed by atoms with E-state index in [9.17, 15) is 14.4 Å². The normalized spacial score (nSPS) is 10.8. The van der Waals surface area contributed by atoms with Gasteiger partial charge in [0.05, 0.1) is 0 Å². The van der Waals surface area contributed by atoms with Crippen molar-refractivity contribution >= 4 is 17.9 Å². The summed E-state index contributed by atoms with van der Waals surface area (Å²) in [5.41, 5.74) is 1.79. The van der Waals surface area contributed by atoms with Gasteiger partial charge in [-0.1, -0.05) is 42.0 Å². The summed E-state index contributed by atoms with van der Waals surface area (Å²) in [7, 11) is 0. The molecule has 2 rings (SSSR count). The lowest BCUT2D eigenvalue weighted by Crippen LogP contribution is -2.49. The highest BCUT2D eigenvalue weighted by Gasteiger charge is 2.18. The SMILES string of the molecule is Cc1cccc(COc2ccccc2C(=O)OCC(=O)NC(=O)NC(C)(C)C)c1. The van der Waals surface area contributed by atoms with E-state index < -0.39 is 30.1 Å². The highest BCUT2D eigenvalue weighted by molar-refractivity contribution is 5.97. The van der Waals surface area contributed by atoms with Crippen LogP contribution in [0.1, 0.15) is 42.3 Å². The number of para-hydroxylation sites is 1. The van der Waals surface area contributed by atoms with Crippen LogP contribution in [-0.4, -0.2) is 30.1 Å². The van der Waals surface area contributed by atoms with Crippen LogP contribution in [0.2, 0.25) is 0 Å². The zero-order valence-corrected chi connectivity index (χ0v) is 17.1. The van der Waals surface area contributed by atoms with Gasteiger partial charge in [-0.15, -0.1) is 0 Å². The largest absolute Gasteiger partial charge is 0.488 e. The molecule has 0 saturated carbocycles. The number of esters is 1. The van der Waals surface area contributed by atoms with E-state index in [1.165, 1.54) is 0 Å². The summed E-state index contributed by atoms with van der Waals surface area (Å²) in [5, 5.41) is 4.70. The van der Waals surface area contributed by atoms with Crippen molar-refractivity contribution in [2.45, 2.75) is 39.8 Å². The minimum absolute atomic E-state index is 0.201. The number of benzene rings is 2. The maximum atomic E-state index is 12.4. The molecule has 0 unspecified atom stereocenters. The average molecular weight is 398 g/mol. The summed E-state index contributed by atoms with van der Waals surface area (Å²) < 4.78 is 10.8. The smallest absolute Gasteiger partial charge is 0.342 e. The third-order valence-corrected chi connectivity index (χ3v) is 3.66. The number of amides is 3. The first-order chi connectivity index (χ1) is 13.6. The van der Waals surface area contributed by atoms with E-state index in [-0.39, 0.29) is 5.56 Å². The van der Waals surface area contributed by atoms with Crippen LogP contribution in [0, 0.1) is 6.92 Å². The van der Waals surface area contributed by atoms with Gasteiger partial charge in [-0.3, -0.25) is 10.1 Å². The van der Waals surface area contributed by atoms with E-state index in [4.69, 9.17) is 9.47 Å². The topological polar surface area (TPSA) is 93.7 Å². The molecule has 0 aliphatic carbocycles. The zero-order valence-electron chi connectivity index (χ0n) is 17.1. The molecule has 29 heavy (non-hydrogen) atoms. The van der Waals surface area contributed by atoms with Gasteiger partial charge in [-0.05, 0) is 45.4 Å². The molecule has 0 fully saturated rings. The van der Waals surface area contributed by atoms with E-state index in [0.29, 0.717) is 12.4 Å². The number of aryl methyl sites for hydroxylation is 1. The summed E-state index contributed by atoms with van der Waals surface area (Å²) in [6, 6.07) is 13.8. The molecule has 0 saturated heterocycles. The molecule has 0 aromatic heterocycles. The maximum absolute atomic E-state index is 12.4. The van der Waals surface area contributed by atoms with Gasteiger partial charge in [0.25, 0.3) is 5.91 Å². The van der Waals surface area contributed by atoms with Crippen molar-refractivity contribution in [2.24, 2.45) is 0 Å². The van der Waals surface area contributed by atoms with Gasteiger partial charge in [0.1, 0.15) is 17.9 Å². The van der Waals surface area contributed by atoms with Crippen molar-refractivity contribution in [2.75, 3.05) is 6.61 Å². The van der Waals surface area contributed by atoms with E-state index >= 15 is 0 Å². The second kappa shape index (κ2) is 9.73. The van der Waals surface area contributed by atoms with E-state index in [1.54, 1.807) is 45.0 Å². The number of hydrogen-bond donors (Lipinski definition) is 2. The maximum Gasteiger partial charge on any atom is 0.342 e. The number of carbonyl (C=O) groups excluding carboxylic acids is 3. The summed E-state index contributed by atoms with van der Waals surface area (Å²) in [6.07, 6.45) is 0. The highest BCUT2D eigenvalue weighted by Crippen LogP contribution is 2.20. The van der Waals surface area contributed by atoms with Crippen LogP contribution in [0.4, 0.5) is 4.79 Å². The molecule has 2 aromatic carbocycles. The van der Waals surface area contributed by atoms with Crippen molar-refractivity contribution in [3.8, 4) is 5.75 Å². The van der Waals surface area contributed by atoms with Gasteiger partial charge in [0.2, 0.25) is 0 Å². The third kappa shape index (κ3) is 7.65. The van der Waals surface area contributed by atoms with Gasteiger partial charge in [0, 0.05) is 5.54 Å². The Morgan fingerprint density at radius 1 is 1.00 bits per heavy atom. The summed E-state index contributed by atoms with van der Waals surface area (Å²) >= 11 is 0. The van der Waals surface area contributed by atoms with Crippen LogP contribution in [0.25, 0.3) is 0 Å². The zero-order chi connectivity index (χ0) is 21.4. The Hall–Kier alpha value is -3.35. The molecule has 7 heteroatoms. The summed E-state index contributed by atoms with van der Waals surface area (Å²) in [4.78, 5) is 35.9. The molecule has 154 valence electrons. The molecule has 0 atom stereocenters. The molecule has 2 N–H and O–H groups in total. The summed E-state index contributed by atoms with van der Waals surface area (Å²) in [6.45, 7) is 7.05. The first kappa shape index (κ1) is 21.9. The quantitative estimate of drug-likeness (QED) is 0.728. The molecular weight excluding hydrogens is 372 g/mol. The molecule has 0 aliphatic heterocycles. The molecular formula is C22H26N2O5. The minimum atomic E-state index is -0.724. The van der Waals surface area contributed by atoms with Crippen LogP contribution in [0.5, 0.6) is 5.75 Å². The first-order valence-electron chi connectivity index (χ1n) is 9.20. The third-order valence-electron chi connectivity index (χ3n) is 3.66. The molecule has 3 amide bonds. The number of ether oxygens (including phenoxy) is 2. The minimum Gasteiger partial charge on any atom is -0.488 e. The van der Waals surface area contributed by atoms with Gasteiger partial charge < -0.3 is 14.8 Å². The van der Waals surface area contributed by atoms with Crippen LogP contribution in [0.15, 0.2) is 48.5 Å². The number of rotatable bonds is 6. The number of imide groups is 1. The standard InChI is InChI=1S/C22H26N2O5/c1-15-8-7-9-16(12-15)13-28-18-11-6-5-10-17(18)20(26)29-14-19(25)23-21(27)24-22(2,3)4/h5-12H,13-14H2,1-4H3,(H2,23,24,25,27). The second-order valence-electron chi connectivity index (χ2n) is 7.60. The first-order valence-corrected chi connectivity index (χ1v) is 9.20. The van der Waals surface area contributed by atoms with Crippen molar-refractivity contribution in [3.63, 3.8) is 0 Å². The lowest BCUT2D eigenvalue weighted by Gasteiger charge is -2.20. The number of nitrogens with one attached hydrogen (secondary N) is 2. The number of urea groups is 1. The molecule has 0 heterocycles. The Kier molecular flexibility index (Phi) is 7.36. The second-order valence-corrected chi connectivity index (χ2v) is 7.60. The van der Waals surface area contributed by atoms with Gasteiger partial charge >= 0.3 is 12.0 Å². The lowest BCUT2D eigenvalue weighted by molar-refractivity contribution is -0.123. The van der Waals surface area contributed by atoms with E-state index in [0.717, 1.165) is 11.1 Å². The predicted molar refractivity (Wildman–Crippen MR) is 109 cm³/mol. The van der Waals surface area contributed by atoms with Crippen LogP contribution < -0.4 is 15.4 Å². The molecule has 7 nitrogen and oxygen atoms in total. The Labute approximate surface area is 170 Å². The highest BCUT2D eigenvalue weighted by atomic mass is 16.5.